The second kappa shape index (κ2) is 6.88. The Morgan fingerprint density at radius 3 is 1.18 bits per heavy atom. The summed E-state index contributed by atoms with van der Waals surface area (Å²) < 4.78 is 0. The van der Waals surface area contributed by atoms with Crippen LogP contribution in [-0.2, 0) is 14.4 Å². The van der Waals surface area contributed by atoms with Crippen molar-refractivity contribution >= 4 is 17.7 Å². The molecule has 3 amide bonds. The van der Waals surface area contributed by atoms with Gasteiger partial charge in [-0.2, -0.15) is 0 Å². The smallest absolute Gasteiger partial charge is 0.222 e. The average Bonchev–Trinajstić information content (AvgIpc) is 2.27. The van der Waals surface area contributed by atoms with Gasteiger partial charge in [0.15, 0.2) is 5.79 Å². The van der Waals surface area contributed by atoms with E-state index in [-0.39, 0.29) is 37.0 Å². The van der Waals surface area contributed by atoms with Crippen molar-refractivity contribution < 1.29 is 14.4 Å². The summed E-state index contributed by atoms with van der Waals surface area (Å²) in [6, 6.07) is 0. The van der Waals surface area contributed by atoms with Crippen LogP contribution in [-0.4, -0.2) is 23.5 Å². The molecule has 0 heterocycles. The van der Waals surface area contributed by atoms with Gasteiger partial charge in [0.05, 0.1) is 0 Å². The van der Waals surface area contributed by atoms with E-state index in [0.717, 1.165) is 0 Å². The highest BCUT2D eigenvalue weighted by atomic mass is 16.2. The van der Waals surface area contributed by atoms with Crippen LogP contribution < -0.4 is 16.0 Å². The van der Waals surface area contributed by atoms with E-state index in [1.807, 2.05) is 0 Å². The van der Waals surface area contributed by atoms with E-state index in [2.05, 4.69) is 16.0 Å². The fourth-order valence-electron chi connectivity index (χ4n) is 1.20. The van der Waals surface area contributed by atoms with E-state index in [1.54, 1.807) is 27.7 Å². The average molecular weight is 243 g/mol. The van der Waals surface area contributed by atoms with Crippen molar-refractivity contribution in [1.29, 1.82) is 0 Å². The molecule has 0 bridgehead atoms. The largest absolute Gasteiger partial charge is 0.316 e. The standard InChI is InChI=1S/C11H21N3O3/c1-5-8(15)12-11(4,13-9(16)6-2)14-10(17)7-3/h5-7H2,1-4H3,(H,12,15)(H,13,16)(H,14,17). The lowest BCUT2D eigenvalue weighted by Crippen LogP contribution is -2.68. The topological polar surface area (TPSA) is 87.3 Å². The summed E-state index contributed by atoms with van der Waals surface area (Å²) in [5.41, 5.74) is 0. The van der Waals surface area contributed by atoms with Crippen LogP contribution in [0.15, 0.2) is 0 Å². The van der Waals surface area contributed by atoms with Crippen LogP contribution in [0.25, 0.3) is 0 Å². The Balaban J connectivity index is 4.72. The number of hydrogen-bond donors (Lipinski definition) is 3. The molecular weight excluding hydrogens is 222 g/mol. The molecule has 98 valence electrons. The van der Waals surface area contributed by atoms with Gasteiger partial charge < -0.3 is 16.0 Å². The van der Waals surface area contributed by atoms with Gasteiger partial charge in [-0.3, -0.25) is 14.4 Å². The van der Waals surface area contributed by atoms with E-state index < -0.39 is 5.79 Å². The minimum absolute atomic E-state index is 0.250. The maximum Gasteiger partial charge on any atom is 0.222 e. The summed E-state index contributed by atoms with van der Waals surface area (Å²) in [7, 11) is 0. The molecule has 0 radical (unpaired) electrons. The zero-order valence-corrected chi connectivity index (χ0v) is 10.8. The first-order valence-corrected chi connectivity index (χ1v) is 5.79. The highest BCUT2D eigenvalue weighted by Gasteiger charge is 2.28. The van der Waals surface area contributed by atoms with Crippen molar-refractivity contribution in [3.63, 3.8) is 0 Å². The van der Waals surface area contributed by atoms with E-state index in [4.69, 9.17) is 0 Å². The summed E-state index contributed by atoms with van der Waals surface area (Å²) in [5.74, 6) is -1.98. The molecule has 0 spiro atoms. The summed E-state index contributed by atoms with van der Waals surface area (Å²) in [4.78, 5) is 34.1. The van der Waals surface area contributed by atoms with Gasteiger partial charge in [-0.25, -0.2) is 0 Å². The summed E-state index contributed by atoms with van der Waals surface area (Å²) >= 11 is 0. The fraction of sp³-hybridized carbons (Fsp3) is 0.727. The first-order chi connectivity index (χ1) is 7.86. The number of carbonyl (C=O) groups is 3. The molecule has 0 aromatic rings. The lowest BCUT2D eigenvalue weighted by Gasteiger charge is -2.32. The molecule has 0 saturated carbocycles. The predicted octanol–water partition coefficient (Wildman–Crippen LogP) is 0.239. The van der Waals surface area contributed by atoms with Crippen LogP contribution in [0.5, 0.6) is 0 Å². The maximum absolute atomic E-state index is 11.4. The molecule has 6 nitrogen and oxygen atoms in total. The quantitative estimate of drug-likeness (QED) is 0.584. The van der Waals surface area contributed by atoms with Gasteiger partial charge in [0.2, 0.25) is 17.7 Å². The van der Waals surface area contributed by atoms with Gasteiger partial charge in [0.1, 0.15) is 0 Å². The Kier molecular flexibility index (Phi) is 6.23. The van der Waals surface area contributed by atoms with Gasteiger partial charge in [-0.1, -0.05) is 20.8 Å². The van der Waals surface area contributed by atoms with Gasteiger partial charge in [-0.05, 0) is 6.92 Å². The molecule has 0 aliphatic rings. The molecule has 0 unspecified atom stereocenters. The van der Waals surface area contributed by atoms with Gasteiger partial charge in [0, 0.05) is 19.3 Å². The van der Waals surface area contributed by atoms with E-state index in [1.165, 1.54) is 0 Å². The number of carbonyl (C=O) groups excluding carboxylic acids is 3. The lowest BCUT2D eigenvalue weighted by atomic mass is 10.3. The van der Waals surface area contributed by atoms with Crippen molar-refractivity contribution in [3.05, 3.63) is 0 Å². The van der Waals surface area contributed by atoms with Crippen molar-refractivity contribution in [2.75, 3.05) is 0 Å². The van der Waals surface area contributed by atoms with Gasteiger partial charge in [-0.15, -0.1) is 0 Å². The van der Waals surface area contributed by atoms with Crippen LogP contribution in [0.3, 0.4) is 0 Å². The Hall–Kier alpha value is -1.59. The van der Waals surface area contributed by atoms with Crippen molar-refractivity contribution in [1.82, 2.24) is 16.0 Å². The summed E-state index contributed by atoms with van der Waals surface area (Å²) in [6.45, 7) is 6.62. The third kappa shape index (κ3) is 5.89. The van der Waals surface area contributed by atoms with Crippen molar-refractivity contribution in [2.24, 2.45) is 0 Å². The monoisotopic (exact) mass is 243 g/mol. The predicted molar refractivity (Wildman–Crippen MR) is 63.7 cm³/mol. The molecule has 0 aromatic heterocycles. The van der Waals surface area contributed by atoms with Crippen molar-refractivity contribution in [2.45, 2.75) is 52.7 Å². The number of amides is 3. The van der Waals surface area contributed by atoms with Crippen molar-refractivity contribution in [3.8, 4) is 0 Å². The zero-order valence-electron chi connectivity index (χ0n) is 10.8. The molecule has 0 aliphatic heterocycles. The first kappa shape index (κ1) is 15.4. The van der Waals surface area contributed by atoms with E-state index in [0.29, 0.717) is 0 Å². The fourth-order valence-corrected chi connectivity index (χ4v) is 1.20. The molecule has 0 aliphatic carbocycles. The third-order valence-corrected chi connectivity index (χ3v) is 2.13. The van der Waals surface area contributed by atoms with Crippen LogP contribution in [0.4, 0.5) is 0 Å². The molecule has 0 rings (SSSR count). The molecule has 0 saturated heterocycles. The zero-order chi connectivity index (χ0) is 13.5. The summed E-state index contributed by atoms with van der Waals surface area (Å²) in [6.07, 6.45) is 0.832. The van der Waals surface area contributed by atoms with Crippen LogP contribution in [0.2, 0.25) is 0 Å². The van der Waals surface area contributed by atoms with Gasteiger partial charge in [0.25, 0.3) is 0 Å². The number of hydrogen-bond acceptors (Lipinski definition) is 3. The minimum atomic E-state index is -1.23. The Morgan fingerprint density at radius 1 is 0.765 bits per heavy atom. The second-order valence-electron chi connectivity index (χ2n) is 3.83. The first-order valence-electron chi connectivity index (χ1n) is 5.79. The van der Waals surface area contributed by atoms with Crippen LogP contribution in [0, 0.1) is 0 Å². The summed E-state index contributed by atoms with van der Waals surface area (Å²) in [5, 5.41) is 7.71. The SMILES string of the molecule is CCC(=O)NC(C)(NC(=O)CC)NC(=O)CC. The molecule has 0 atom stereocenters. The Bertz CT molecular complexity index is 257. The Morgan fingerprint density at radius 2 is 1.00 bits per heavy atom. The normalized spacial score (nSPS) is 10.6. The number of rotatable bonds is 6. The number of nitrogens with one attached hydrogen (secondary N) is 3. The van der Waals surface area contributed by atoms with E-state index in [9.17, 15) is 14.4 Å². The molecular formula is C11H21N3O3. The molecule has 17 heavy (non-hydrogen) atoms. The molecule has 6 heteroatoms. The van der Waals surface area contributed by atoms with Crippen LogP contribution >= 0.6 is 0 Å². The van der Waals surface area contributed by atoms with Gasteiger partial charge >= 0.3 is 0 Å². The van der Waals surface area contributed by atoms with Crippen LogP contribution in [0.1, 0.15) is 47.0 Å². The minimum Gasteiger partial charge on any atom is -0.316 e. The molecule has 0 fully saturated rings. The molecule has 0 aromatic carbocycles. The lowest BCUT2D eigenvalue weighted by molar-refractivity contribution is -0.130. The van der Waals surface area contributed by atoms with E-state index >= 15 is 0 Å². The maximum atomic E-state index is 11.4. The molecule has 3 N–H and O–H groups in total. The third-order valence-electron chi connectivity index (χ3n) is 2.13. The highest BCUT2D eigenvalue weighted by molar-refractivity contribution is 5.82. The highest BCUT2D eigenvalue weighted by Crippen LogP contribution is 1.97. The second-order valence-corrected chi connectivity index (χ2v) is 3.83. The Labute approximate surface area is 102 Å².